The molecule has 2 heterocycles. The van der Waals surface area contributed by atoms with Crippen LogP contribution in [-0.2, 0) is 9.53 Å². The first kappa shape index (κ1) is 38.1. The van der Waals surface area contributed by atoms with Gasteiger partial charge >= 0.3 is 18.3 Å². The standard InChI is InChI=1S/C34H36F5N7O5S/c1-20(2)26-14-13-25(50-4)17-27(26)45-28(47)19-52-29(45)18-41-32(48)42-22-7-5-21(6-8-22)30-43-31(40-15-16-49-3)46(44-30)23-9-11-24(12-10-23)51-34(38,39)33(35,36)37/h5-14,17,20,29H,15-16,18-19H2,1-4H3,(H,40,43,44)(H2,41,42,48). The molecule has 1 unspecified atom stereocenters. The Balaban J connectivity index is 1.26. The van der Waals surface area contributed by atoms with Gasteiger partial charge in [0.25, 0.3) is 0 Å². The van der Waals surface area contributed by atoms with E-state index in [0.29, 0.717) is 35.8 Å². The highest BCUT2D eigenvalue weighted by Crippen LogP contribution is 2.39. The van der Waals surface area contributed by atoms with Crippen LogP contribution in [0.5, 0.6) is 11.5 Å². The number of anilines is 3. The summed E-state index contributed by atoms with van der Waals surface area (Å²) < 4.78 is 80.2. The summed E-state index contributed by atoms with van der Waals surface area (Å²) in [5, 5.41) is 12.8. The van der Waals surface area contributed by atoms with Crippen LogP contribution in [0, 0.1) is 0 Å². The van der Waals surface area contributed by atoms with Gasteiger partial charge in [0.15, 0.2) is 5.82 Å². The van der Waals surface area contributed by atoms with E-state index in [1.165, 1.54) is 35.7 Å². The number of hydrogen-bond acceptors (Lipinski definition) is 9. The maximum Gasteiger partial charge on any atom is 0.499 e. The Morgan fingerprint density at radius 2 is 1.69 bits per heavy atom. The van der Waals surface area contributed by atoms with Crippen LogP contribution in [0.1, 0.15) is 25.3 Å². The average Bonchev–Trinajstić information content (AvgIpc) is 3.70. The zero-order valence-corrected chi connectivity index (χ0v) is 29.3. The van der Waals surface area contributed by atoms with E-state index < -0.39 is 24.1 Å². The lowest BCUT2D eigenvalue weighted by molar-refractivity contribution is -0.360. The minimum absolute atomic E-state index is 0.0623. The van der Waals surface area contributed by atoms with Gasteiger partial charge in [0.2, 0.25) is 11.9 Å². The molecular weight excluding hydrogens is 713 g/mol. The van der Waals surface area contributed by atoms with E-state index in [1.54, 1.807) is 36.3 Å². The van der Waals surface area contributed by atoms with Gasteiger partial charge in [0, 0.05) is 37.5 Å². The Morgan fingerprint density at radius 3 is 2.33 bits per heavy atom. The van der Waals surface area contributed by atoms with Crippen molar-refractivity contribution in [1.82, 2.24) is 20.1 Å². The third kappa shape index (κ3) is 8.85. The van der Waals surface area contributed by atoms with Crippen molar-refractivity contribution in [2.45, 2.75) is 37.4 Å². The monoisotopic (exact) mass is 749 g/mol. The van der Waals surface area contributed by atoms with Crippen LogP contribution in [0.2, 0.25) is 0 Å². The largest absolute Gasteiger partial charge is 0.499 e. The van der Waals surface area contributed by atoms with Gasteiger partial charge in [-0.15, -0.1) is 16.9 Å². The number of halogens is 5. The van der Waals surface area contributed by atoms with E-state index in [4.69, 9.17) is 9.47 Å². The summed E-state index contributed by atoms with van der Waals surface area (Å²) in [5.41, 5.74) is 3.05. The summed E-state index contributed by atoms with van der Waals surface area (Å²) in [4.78, 5) is 32.1. The van der Waals surface area contributed by atoms with Crippen molar-refractivity contribution in [2.24, 2.45) is 0 Å². The minimum Gasteiger partial charge on any atom is -0.497 e. The molecule has 1 aliphatic heterocycles. The molecule has 12 nitrogen and oxygen atoms in total. The molecule has 3 N–H and O–H groups in total. The number of nitrogens with one attached hydrogen (secondary N) is 3. The molecule has 18 heteroatoms. The summed E-state index contributed by atoms with van der Waals surface area (Å²) in [6.45, 7) is 4.92. The second-order valence-electron chi connectivity index (χ2n) is 11.7. The van der Waals surface area contributed by atoms with E-state index in [9.17, 15) is 31.5 Å². The van der Waals surface area contributed by atoms with Crippen LogP contribution in [0.3, 0.4) is 0 Å². The lowest BCUT2D eigenvalue weighted by atomic mass is 10.00. The first-order chi connectivity index (χ1) is 24.7. The Morgan fingerprint density at radius 1 is 1.00 bits per heavy atom. The fraction of sp³-hybridized carbons (Fsp3) is 0.353. The van der Waals surface area contributed by atoms with Crippen LogP contribution in [0.4, 0.5) is 44.1 Å². The van der Waals surface area contributed by atoms with Crippen molar-refractivity contribution >= 4 is 41.0 Å². The normalized spacial score (nSPS) is 14.8. The molecule has 1 atom stereocenters. The molecule has 0 saturated carbocycles. The zero-order chi connectivity index (χ0) is 37.6. The smallest absolute Gasteiger partial charge is 0.497 e. The van der Waals surface area contributed by atoms with E-state index in [1.807, 2.05) is 32.0 Å². The number of carbonyl (C=O) groups excluding carboxylic acids is 2. The minimum atomic E-state index is -5.88. The molecule has 52 heavy (non-hydrogen) atoms. The highest BCUT2D eigenvalue weighted by Gasteiger charge is 2.61. The number of amides is 3. The van der Waals surface area contributed by atoms with E-state index in [2.05, 4.69) is 30.8 Å². The van der Waals surface area contributed by atoms with E-state index in [-0.39, 0.29) is 41.3 Å². The number of methoxy groups -OCH3 is 2. The number of aromatic nitrogens is 3. The number of thioether (sulfide) groups is 1. The Hall–Kier alpha value is -5.10. The van der Waals surface area contributed by atoms with Gasteiger partial charge in [-0.1, -0.05) is 19.9 Å². The van der Waals surface area contributed by atoms with Crippen molar-refractivity contribution in [3.8, 4) is 28.6 Å². The molecule has 0 bridgehead atoms. The molecule has 3 amide bonds. The van der Waals surface area contributed by atoms with Gasteiger partial charge < -0.3 is 30.2 Å². The molecule has 0 radical (unpaired) electrons. The number of alkyl halides is 5. The maximum atomic E-state index is 13.4. The highest BCUT2D eigenvalue weighted by molar-refractivity contribution is 8.01. The summed E-state index contributed by atoms with van der Waals surface area (Å²) >= 11 is 1.43. The Kier molecular flexibility index (Phi) is 11.8. The summed E-state index contributed by atoms with van der Waals surface area (Å²) in [7, 11) is 3.07. The van der Waals surface area contributed by atoms with Gasteiger partial charge in [-0.25, -0.2) is 4.79 Å². The number of ether oxygens (including phenoxy) is 3. The van der Waals surface area contributed by atoms with Crippen LogP contribution >= 0.6 is 11.8 Å². The second-order valence-corrected chi connectivity index (χ2v) is 12.9. The SMILES string of the molecule is COCCNc1nc(-c2ccc(NC(=O)NCC3SCC(=O)N3c3cc(OC)ccc3C(C)C)cc2)nn1-c1ccc(OC(F)(F)C(F)(F)F)cc1. The Labute approximate surface area is 300 Å². The third-order valence-electron chi connectivity index (χ3n) is 7.77. The summed E-state index contributed by atoms with van der Waals surface area (Å²) in [5.74, 6) is 0.791. The van der Waals surface area contributed by atoms with Gasteiger partial charge in [-0.05, 0) is 66.1 Å². The number of carbonyl (C=O) groups is 2. The molecule has 5 rings (SSSR count). The van der Waals surface area contributed by atoms with Gasteiger partial charge in [-0.3, -0.25) is 9.69 Å². The van der Waals surface area contributed by atoms with Crippen molar-refractivity contribution in [2.75, 3.05) is 55.2 Å². The number of hydrogen-bond donors (Lipinski definition) is 3. The lowest BCUT2D eigenvalue weighted by Gasteiger charge is -2.28. The van der Waals surface area contributed by atoms with Gasteiger partial charge in [0.05, 0.1) is 30.8 Å². The van der Waals surface area contributed by atoms with Crippen molar-refractivity contribution < 1.29 is 45.8 Å². The van der Waals surface area contributed by atoms with Crippen molar-refractivity contribution in [3.63, 3.8) is 0 Å². The number of benzene rings is 3. The molecule has 0 aliphatic carbocycles. The fourth-order valence-electron chi connectivity index (χ4n) is 5.17. The summed E-state index contributed by atoms with van der Waals surface area (Å²) in [6, 6.07) is 16.2. The quantitative estimate of drug-likeness (QED) is 0.0933. The van der Waals surface area contributed by atoms with Crippen LogP contribution in [-0.4, -0.2) is 84.0 Å². The first-order valence-corrected chi connectivity index (χ1v) is 17.0. The molecule has 0 spiro atoms. The van der Waals surface area contributed by atoms with Gasteiger partial charge in [-0.2, -0.15) is 31.6 Å². The molecule has 4 aromatic rings. The van der Waals surface area contributed by atoms with Crippen LogP contribution in [0.15, 0.2) is 66.7 Å². The number of urea groups is 1. The molecule has 1 aromatic heterocycles. The third-order valence-corrected chi connectivity index (χ3v) is 8.94. The predicted octanol–water partition coefficient (Wildman–Crippen LogP) is 6.89. The summed E-state index contributed by atoms with van der Waals surface area (Å²) in [6.07, 6.45) is -11.2. The highest BCUT2D eigenvalue weighted by atomic mass is 32.2. The molecule has 1 aliphatic rings. The topological polar surface area (TPSA) is 132 Å². The predicted molar refractivity (Wildman–Crippen MR) is 187 cm³/mol. The van der Waals surface area contributed by atoms with Crippen LogP contribution in [0.25, 0.3) is 17.1 Å². The molecule has 3 aromatic carbocycles. The first-order valence-electron chi connectivity index (χ1n) is 15.9. The van der Waals surface area contributed by atoms with Crippen molar-refractivity contribution in [3.05, 3.63) is 72.3 Å². The molecular formula is C34H36F5N7O5S. The molecule has 1 saturated heterocycles. The van der Waals surface area contributed by atoms with Crippen molar-refractivity contribution in [1.29, 1.82) is 0 Å². The van der Waals surface area contributed by atoms with E-state index in [0.717, 1.165) is 23.4 Å². The molecule has 1 fully saturated rings. The second kappa shape index (κ2) is 16.1. The Bertz CT molecular complexity index is 1860. The molecule has 278 valence electrons. The van der Waals surface area contributed by atoms with Gasteiger partial charge in [0.1, 0.15) is 16.9 Å². The number of nitrogens with zero attached hydrogens (tertiary/aromatic N) is 4. The lowest BCUT2D eigenvalue weighted by Crippen LogP contribution is -2.42. The van der Waals surface area contributed by atoms with E-state index >= 15 is 0 Å². The fourth-order valence-corrected chi connectivity index (χ4v) is 6.23. The maximum absolute atomic E-state index is 13.4. The average molecular weight is 750 g/mol. The number of rotatable bonds is 14. The zero-order valence-electron chi connectivity index (χ0n) is 28.5. The van der Waals surface area contributed by atoms with Crippen LogP contribution < -0.4 is 30.3 Å².